The molecule has 1 aromatic heterocycles. The molecule has 2 nitrogen and oxygen atoms in total. The third-order valence-corrected chi connectivity index (χ3v) is 3.32. The number of aliphatic hydroxyl groups excluding tert-OH is 1. The van der Waals surface area contributed by atoms with E-state index < -0.39 is 0 Å². The van der Waals surface area contributed by atoms with Crippen molar-refractivity contribution in [2.75, 3.05) is 0 Å². The summed E-state index contributed by atoms with van der Waals surface area (Å²) in [5.41, 5.74) is 4.12. The average molecular weight is 225 g/mol. The summed E-state index contributed by atoms with van der Waals surface area (Å²) >= 11 is 0. The highest BCUT2D eigenvalue weighted by molar-refractivity contribution is 5.59. The molecule has 0 aliphatic heterocycles. The minimum Gasteiger partial charge on any atom is -0.387 e. The zero-order valence-electron chi connectivity index (χ0n) is 9.63. The zero-order chi connectivity index (χ0) is 11.7. The first kappa shape index (κ1) is 10.5. The lowest BCUT2D eigenvalue weighted by Crippen LogP contribution is -2.11. The van der Waals surface area contributed by atoms with Crippen molar-refractivity contribution in [2.24, 2.45) is 0 Å². The third kappa shape index (κ3) is 1.96. The van der Waals surface area contributed by atoms with Gasteiger partial charge in [0.15, 0.2) is 0 Å². The summed E-state index contributed by atoms with van der Waals surface area (Å²) in [6.45, 7) is 0. The van der Waals surface area contributed by atoms with Crippen LogP contribution in [0, 0.1) is 0 Å². The van der Waals surface area contributed by atoms with E-state index in [0.717, 1.165) is 36.2 Å². The fourth-order valence-electron chi connectivity index (χ4n) is 2.40. The Morgan fingerprint density at radius 2 is 1.88 bits per heavy atom. The molecule has 0 bridgehead atoms. The predicted molar refractivity (Wildman–Crippen MR) is 67.6 cm³/mol. The number of benzene rings is 1. The molecule has 0 radical (unpaired) electrons. The summed E-state index contributed by atoms with van der Waals surface area (Å²) in [5.74, 6) is 0. The summed E-state index contributed by atoms with van der Waals surface area (Å²) in [4.78, 5) is 4.61. The van der Waals surface area contributed by atoms with Gasteiger partial charge in [-0.25, -0.2) is 4.98 Å². The largest absolute Gasteiger partial charge is 0.387 e. The minimum atomic E-state index is -0.387. The first-order chi connectivity index (χ1) is 8.34. The SMILES string of the molecule is O[C@@H]1CCCc2ccc(-c3ccccc3)nc21. The summed E-state index contributed by atoms with van der Waals surface area (Å²) in [6.07, 6.45) is 2.54. The van der Waals surface area contributed by atoms with Gasteiger partial charge in [-0.1, -0.05) is 36.4 Å². The van der Waals surface area contributed by atoms with E-state index in [9.17, 15) is 5.11 Å². The average Bonchev–Trinajstić information content (AvgIpc) is 2.40. The molecule has 1 heterocycles. The van der Waals surface area contributed by atoms with Crippen LogP contribution >= 0.6 is 0 Å². The third-order valence-electron chi connectivity index (χ3n) is 3.32. The van der Waals surface area contributed by atoms with E-state index in [1.54, 1.807) is 0 Å². The van der Waals surface area contributed by atoms with Crippen LogP contribution in [-0.4, -0.2) is 10.1 Å². The van der Waals surface area contributed by atoms with Crippen LogP contribution in [0.1, 0.15) is 30.2 Å². The number of hydrogen-bond acceptors (Lipinski definition) is 2. The van der Waals surface area contributed by atoms with Crippen molar-refractivity contribution < 1.29 is 5.11 Å². The molecule has 1 aromatic carbocycles. The van der Waals surface area contributed by atoms with Crippen molar-refractivity contribution in [2.45, 2.75) is 25.4 Å². The second-order valence-electron chi connectivity index (χ2n) is 4.51. The van der Waals surface area contributed by atoms with E-state index in [1.807, 2.05) is 36.4 Å². The van der Waals surface area contributed by atoms with Crippen molar-refractivity contribution in [1.29, 1.82) is 0 Å². The van der Waals surface area contributed by atoms with E-state index in [2.05, 4.69) is 11.1 Å². The predicted octanol–water partition coefficient (Wildman–Crippen LogP) is 3.12. The van der Waals surface area contributed by atoms with Crippen molar-refractivity contribution in [3.63, 3.8) is 0 Å². The highest BCUT2D eigenvalue weighted by Crippen LogP contribution is 2.30. The lowest BCUT2D eigenvalue weighted by Gasteiger charge is -2.20. The molecule has 0 spiro atoms. The van der Waals surface area contributed by atoms with Gasteiger partial charge < -0.3 is 5.11 Å². The molecule has 1 aliphatic rings. The number of aromatic nitrogens is 1. The molecule has 0 unspecified atom stereocenters. The normalized spacial score (nSPS) is 18.8. The highest BCUT2D eigenvalue weighted by Gasteiger charge is 2.19. The van der Waals surface area contributed by atoms with Gasteiger partial charge in [0.2, 0.25) is 0 Å². The number of pyridine rings is 1. The molecular formula is C15H15NO. The van der Waals surface area contributed by atoms with Crippen LogP contribution in [0.5, 0.6) is 0 Å². The molecule has 1 atom stereocenters. The Kier molecular flexibility index (Phi) is 2.65. The molecule has 2 heteroatoms. The number of fused-ring (bicyclic) bond motifs is 1. The standard InChI is InChI=1S/C15H15NO/c17-14-8-4-7-12-9-10-13(16-15(12)14)11-5-2-1-3-6-11/h1-3,5-6,9-10,14,17H,4,7-8H2/t14-/m1/s1. The maximum Gasteiger partial charge on any atom is 0.0962 e. The summed E-state index contributed by atoms with van der Waals surface area (Å²) in [5, 5.41) is 9.97. The van der Waals surface area contributed by atoms with Gasteiger partial charge >= 0.3 is 0 Å². The fourth-order valence-corrected chi connectivity index (χ4v) is 2.40. The number of aliphatic hydroxyl groups is 1. The van der Waals surface area contributed by atoms with Crippen molar-refractivity contribution >= 4 is 0 Å². The molecule has 3 rings (SSSR count). The smallest absolute Gasteiger partial charge is 0.0962 e. The quantitative estimate of drug-likeness (QED) is 0.809. The van der Waals surface area contributed by atoms with Gasteiger partial charge in [-0.3, -0.25) is 0 Å². The molecule has 0 saturated carbocycles. The molecule has 0 amide bonds. The van der Waals surface area contributed by atoms with Crippen LogP contribution in [0.25, 0.3) is 11.3 Å². The maximum atomic E-state index is 9.97. The second kappa shape index (κ2) is 4.30. The number of rotatable bonds is 1. The Morgan fingerprint density at radius 1 is 1.06 bits per heavy atom. The van der Waals surface area contributed by atoms with E-state index in [4.69, 9.17) is 0 Å². The van der Waals surface area contributed by atoms with E-state index in [-0.39, 0.29) is 6.10 Å². The summed E-state index contributed by atoms with van der Waals surface area (Å²) in [6, 6.07) is 14.3. The monoisotopic (exact) mass is 225 g/mol. The van der Waals surface area contributed by atoms with Crippen LogP contribution < -0.4 is 0 Å². The maximum absolute atomic E-state index is 9.97. The van der Waals surface area contributed by atoms with Crippen LogP contribution in [0.4, 0.5) is 0 Å². The van der Waals surface area contributed by atoms with E-state index in [0.29, 0.717) is 0 Å². The van der Waals surface area contributed by atoms with Gasteiger partial charge in [-0.2, -0.15) is 0 Å². The second-order valence-corrected chi connectivity index (χ2v) is 4.51. The first-order valence-electron chi connectivity index (χ1n) is 6.08. The summed E-state index contributed by atoms with van der Waals surface area (Å²) in [7, 11) is 0. The van der Waals surface area contributed by atoms with E-state index >= 15 is 0 Å². The van der Waals surface area contributed by atoms with Gasteiger partial charge in [0.25, 0.3) is 0 Å². The first-order valence-corrected chi connectivity index (χ1v) is 6.08. The Bertz CT molecular complexity index is 522. The van der Waals surface area contributed by atoms with Crippen molar-refractivity contribution in [1.82, 2.24) is 4.98 Å². The Hall–Kier alpha value is -1.67. The van der Waals surface area contributed by atoms with E-state index in [1.165, 1.54) is 5.56 Å². The fraction of sp³-hybridized carbons (Fsp3) is 0.267. The molecule has 1 aliphatic carbocycles. The van der Waals surface area contributed by atoms with Crippen LogP contribution in [0.3, 0.4) is 0 Å². The molecule has 0 fully saturated rings. The number of hydrogen-bond donors (Lipinski definition) is 1. The topological polar surface area (TPSA) is 33.1 Å². The molecule has 1 N–H and O–H groups in total. The molecular weight excluding hydrogens is 210 g/mol. The number of aryl methyl sites for hydroxylation is 1. The van der Waals surface area contributed by atoms with Crippen LogP contribution in [-0.2, 0) is 6.42 Å². The minimum absolute atomic E-state index is 0.387. The molecule has 2 aromatic rings. The Labute approximate surface area is 101 Å². The Balaban J connectivity index is 2.06. The lowest BCUT2D eigenvalue weighted by atomic mass is 9.93. The summed E-state index contributed by atoms with van der Waals surface area (Å²) < 4.78 is 0. The highest BCUT2D eigenvalue weighted by atomic mass is 16.3. The van der Waals surface area contributed by atoms with Gasteiger partial charge in [0.05, 0.1) is 17.5 Å². The van der Waals surface area contributed by atoms with Crippen LogP contribution in [0.2, 0.25) is 0 Å². The Morgan fingerprint density at radius 3 is 2.71 bits per heavy atom. The molecule has 0 saturated heterocycles. The number of nitrogens with zero attached hydrogens (tertiary/aromatic N) is 1. The molecule has 86 valence electrons. The zero-order valence-corrected chi connectivity index (χ0v) is 9.63. The molecule has 17 heavy (non-hydrogen) atoms. The van der Waals surface area contributed by atoms with Crippen LogP contribution in [0.15, 0.2) is 42.5 Å². The van der Waals surface area contributed by atoms with Gasteiger partial charge in [0.1, 0.15) is 0 Å². The van der Waals surface area contributed by atoms with Crippen molar-refractivity contribution in [3.05, 3.63) is 53.7 Å². The van der Waals surface area contributed by atoms with Crippen molar-refractivity contribution in [3.8, 4) is 11.3 Å². The van der Waals surface area contributed by atoms with Gasteiger partial charge in [0, 0.05) is 5.56 Å². The van der Waals surface area contributed by atoms with Gasteiger partial charge in [-0.15, -0.1) is 0 Å². The van der Waals surface area contributed by atoms with Gasteiger partial charge in [-0.05, 0) is 30.9 Å². The lowest BCUT2D eigenvalue weighted by molar-refractivity contribution is 0.151.